The van der Waals surface area contributed by atoms with E-state index in [0.717, 1.165) is 30.5 Å². The molecule has 2 rings (SSSR count). The molecule has 1 aromatic carbocycles. The molecule has 0 aliphatic carbocycles. The number of carbonyl (C=O) groups excluding carboxylic acids is 1. The average Bonchev–Trinajstić information content (AvgIpc) is 2.51. The Morgan fingerprint density at radius 2 is 2.14 bits per heavy atom. The van der Waals surface area contributed by atoms with Crippen molar-refractivity contribution in [1.29, 1.82) is 0 Å². The normalized spacial score (nSPS) is 15.0. The molecule has 1 aliphatic rings. The third-order valence-electron chi connectivity index (χ3n) is 4.19. The van der Waals surface area contributed by atoms with Crippen molar-refractivity contribution in [3.63, 3.8) is 0 Å². The van der Waals surface area contributed by atoms with Crippen LogP contribution in [0.2, 0.25) is 0 Å². The van der Waals surface area contributed by atoms with Crippen molar-refractivity contribution in [2.24, 2.45) is 0 Å². The molecule has 0 unspecified atom stereocenters. The van der Waals surface area contributed by atoms with Gasteiger partial charge in [-0.05, 0) is 68.9 Å². The van der Waals surface area contributed by atoms with Gasteiger partial charge in [0.2, 0.25) is 0 Å². The molecule has 3 nitrogen and oxygen atoms in total. The molecule has 120 valence electrons. The number of hydrogen-bond acceptors (Lipinski definition) is 3. The standard InChI is InChI=1S/C19H27NO2/c1-5-15(13-19(21)22-6-2)16-9-10-18-17(12-16)8-7-11-20(18)14(3)4/h9-10,12-14H,5-8,11H2,1-4H3. The Kier molecular flexibility index (Phi) is 5.64. The van der Waals surface area contributed by atoms with Crippen molar-refractivity contribution >= 4 is 17.2 Å². The molecule has 0 atom stereocenters. The van der Waals surface area contributed by atoms with Crippen LogP contribution in [0.15, 0.2) is 24.3 Å². The molecule has 0 bridgehead atoms. The molecule has 0 fully saturated rings. The summed E-state index contributed by atoms with van der Waals surface area (Å²) in [5.41, 5.74) is 4.92. The monoisotopic (exact) mass is 301 g/mol. The first-order valence-corrected chi connectivity index (χ1v) is 8.34. The highest BCUT2D eigenvalue weighted by Crippen LogP contribution is 2.32. The lowest BCUT2D eigenvalue weighted by atomic mass is 9.94. The molecule has 0 amide bonds. The molecule has 1 aromatic rings. The predicted octanol–water partition coefficient (Wildman–Crippen LogP) is 4.20. The lowest BCUT2D eigenvalue weighted by molar-refractivity contribution is -0.137. The van der Waals surface area contributed by atoms with Crippen molar-refractivity contribution in [1.82, 2.24) is 0 Å². The molecule has 1 heterocycles. The summed E-state index contributed by atoms with van der Waals surface area (Å²) < 4.78 is 5.03. The highest BCUT2D eigenvalue weighted by atomic mass is 16.5. The molecule has 0 spiro atoms. The molecule has 3 heteroatoms. The topological polar surface area (TPSA) is 29.5 Å². The van der Waals surface area contributed by atoms with E-state index in [1.165, 1.54) is 17.7 Å². The number of hydrogen-bond donors (Lipinski definition) is 0. The Balaban J connectivity index is 2.32. The van der Waals surface area contributed by atoms with Crippen LogP contribution < -0.4 is 4.90 Å². The van der Waals surface area contributed by atoms with E-state index in [1.807, 2.05) is 6.92 Å². The number of anilines is 1. The number of nitrogens with zero attached hydrogens (tertiary/aromatic N) is 1. The summed E-state index contributed by atoms with van der Waals surface area (Å²) in [4.78, 5) is 14.2. The summed E-state index contributed by atoms with van der Waals surface area (Å²) in [7, 11) is 0. The maximum atomic E-state index is 11.7. The summed E-state index contributed by atoms with van der Waals surface area (Å²) >= 11 is 0. The van der Waals surface area contributed by atoms with Crippen molar-refractivity contribution in [3.05, 3.63) is 35.4 Å². The second kappa shape index (κ2) is 7.48. The fourth-order valence-corrected chi connectivity index (χ4v) is 3.08. The number of ether oxygens (including phenoxy) is 1. The van der Waals surface area contributed by atoms with Crippen LogP contribution in [-0.4, -0.2) is 25.2 Å². The van der Waals surface area contributed by atoms with E-state index in [1.54, 1.807) is 6.08 Å². The van der Waals surface area contributed by atoms with Gasteiger partial charge in [-0.25, -0.2) is 4.79 Å². The molecular weight excluding hydrogens is 274 g/mol. The van der Waals surface area contributed by atoms with E-state index in [-0.39, 0.29) is 5.97 Å². The second-order valence-corrected chi connectivity index (χ2v) is 6.01. The summed E-state index contributed by atoms with van der Waals surface area (Å²) in [6.45, 7) is 9.92. The van der Waals surface area contributed by atoms with Gasteiger partial charge >= 0.3 is 5.97 Å². The Hall–Kier alpha value is -1.77. The molecular formula is C19H27NO2. The minimum Gasteiger partial charge on any atom is -0.463 e. The van der Waals surface area contributed by atoms with Crippen LogP contribution in [0.1, 0.15) is 51.7 Å². The first-order valence-electron chi connectivity index (χ1n) is 8.34. The van der Waals surface area contributed by atoms with Crippen molar-refractivity contribution < 1.29 is 9.53 Å². The number of carbonyl (C=O) groups is 1. The average molecular weight is 301 g/mol. The zero-order chi connectivity index (χ0) is 16.1. The van der Waals surface area contributed by atoms with Gasteiger partial charge in [0.05, 0.1) is 6.61 Å². The summed E-state index contributed by atoms with van der Waals surface area (Å²) in [5, 5.41) is 0. The van der Waals surface area contributed by atoms with Gasteiger partial charge in [0.15, 0.2) is 0 Å². The lowest BCUT2D eigenvalue weighted by Gasteiger charge is -2.35. The van der Waals surface area contributed by atoms with Gasteiger partial charge in [0.25, 0.3) is 0 Å². The number of esters is 1. The highest BCUT2D eigenvalue weighted by molar-refractivity contribution is 5.91. The van der Waals surface area contributed by atoms with Crippen LogP contribution >= 0.6 is 0 Å². The summed E-state index contributed by atoms with van der Waals surface area (Å²) in [6, 6.07) is 7.11. The van der Waals surface area contributed by atoms with Crippen LogP contribution in [0.5, 0.6) is 0 Å². The Morgan fingerprint density at radius 3 is 2.77 bits per heavy atom. The molecule has 22 heavy (non-hydrogen) atoms. The van der Waals surface area contributed by atoms with Crippen LogP contribution in [0.25, 0.3) is 5.57 Å². The molecule has 0 saturated heterocycles. The minimum absolute atomic E-state index is 0.249. The zero-order valence-corrected chi connectivity index (χ0v) is 14.2. The van der Waals surface area contributed by atoms with Crippen LogP contribution in [0.4, 0.5) is 5.69 Å². The number of aryl methyl sites for hydroxylation is 1. The molecule has 0 radical (unpaired) electrons. The third-order valence-corrected chi connectivity index (χ3v) is 4.19. The summed E-state index contributed by atoms with van der Waals surface area (Å²) in [5.74, 6) is -0.249. The summed E-state index contributed by atoms with van der Waals surface area (Å²) in [6.07, 6.45) is 4.76. The molecule has 1 aliphatic heterocycles. The van der Waals surface area contributed by atoms with Crippen LogP contribution in [0, 0.1) is 0 Å². The van der Waals surface area contributed by atoms with E-state index >= 15 is 0 Å². The number of rotatable bonds is 5. The Labute approximate surface area is 134 Å². The van der Waals surface area contributed by atoms with Crippen molar-refractivity contribution in [3.8, 4) is 0 Å². The van der Waals surface area contributed by atoms with E-state index in [0.29, 0.717) is 12.6 Å². The van der Waals surface area contributed by atoms with Crippen LogP contribution in [-0.2, 0) is 16.0 Å². The third kappa shape index (κ3) is 3.70. The van der Waals surface area contributed by atoms with Gasteiger partial charge in [-0.2, -0.15) is 0 Å². The van der Waals surface area contributed by atoms with Gasteiger partial charge in [-0.3, -0.25) is 0 Å². The van der Waals surface area contributed by atoms with Gasteiger partial charge in [-0.15, -0.1) is 0 Å². The minimum atomic E-state index is -0.249. The second-order valence-electron chi connectivity index (χ2n) is 6.01. The van der Waals surface area contributed by atoms with E-state index in [9.17, 15) is 4.79 Å². The van der Waals surface area contributed by atoms with Gasteiger partial charge in [-0.1, -0.05) is 13.0 Å². The first-order chi connectivity index (χ1) is 10.6. The van der Waals surface area contributed by atoms with E-state index in [4.69, 9.17) is 4.74 Å². The number of allylic oxidation sites excluding steroid dienone is 1. The maximum Gasteiger partial charge on any atom is 0.331 e. The van der Waals surface area contributed by atoms with Crippen molar-refractivity contribution in [2.75, 3.05) is 18.1 Å². The first kappa shape index (κ1) is 16.6. The van der Waals surface area contributed by atoms with Crippen LogP contribution in [0.3, 0.4) is 0 Å². The quantitative estimate of drug-likeness (QED) is 0.603. The smallest absolute Gasteiger partial charge is 0.331 e. The molecule has 0 saturated carbocycles. The highest BCUT2D eigenvalue weighted by Gasteiger charge is 2.19. The number of fused-ring (bicyclic) bond motifs is 1. The molecule has 0 N–H and O–H groups in total. The zero-order valence-electron chi connectivity index (χ0n) is 14.2. The largest absolute Gasteiger partial charge is 0.463 e. The predicted molar refractivity (Wildman–Crippen MR) is 92.1 cm³/mol. The maximum absolute atomic E-state index is 11.7. The Morgan fingerprint density at radius 1 is 1.36 bits per heavy atom. The number of benzene rings is 1. The lowest BCUT2D eigenvalue weighted by Crippen LogP contribution is -2.35. The fourth-order valence-electron chi connectivity index (χ4n) is 3.08. The SMILES string of the molecule is CCOC(=O)C=C(CC)c1ccc2c(c1)CCCN2C(C)C. The Bertz CT molecular complexity index is 561. The van der Waals surface area contributed by atoms with Gasteiger partial charge < -0.3 is 9.64 Å². The fraction of sp³-hybridized carbons (Fsp3) is 0.526. The van der Waals surface area contributed by atoms with Gasteiger partial charge in [0.1, 0.15) is 0 Å². The van der Waals surface area contributed by atoms with E-state index in [2.05, 4.69) is 43.9 Å². The molecule has 0 aromatic heterocycles. The van der Waals surface area contributed by atoms with E-state index < -0.39 is 0 Å². The van der Waals surface area contributed by atoms with Gasteiger partial charge in [0, 0.05) is 24.4 Å². The van der Waals surface area contributed by atoms with Crippen molar-refractivity contribution in [2.45, 2.75) is 53.0 Å².